The van der Waals surface area contributed by atoms with Crippen molar-refractivity contribution in [2.75, 3.05) is 13.7 Å². The van der Waals surface area contributed by atoms with E-state index in [0.717, 1.165) is 13.0 Å². The molecule has 1 saturated carbocycles. The van der Waals surface area contributed by atoms with Crippen LogP contribution in [0.5, 0.6) is 0 Å². The highest BCUT2D eigenvalue weighted by Crippen LogP contribution is 2.34. The van der Waals surface area contributed by atoms with Crippen LogP contribution in [0.2, 0.25) is 0 Å². The second-order valence-corrected chi connectivity index (χ2v) is 3.58. The highest BCUT2D eigenvalue weighted by Gasteiger charge is 2.50. The minimum absolute atomic E-state index is 0.112. The van der Waals surface area contributed by atoms with Crippen LogP contribution >= 0.6 is 0 Å². The summed E-state index contributed by atoms with van der Waals surface area (Å²) in [5.41, 5.74) is -0.712. The average molecular weight is 187 g/mol. The van der Waals surface area contributed by atoms with Crippen LogP contribution in [0.15, 0.2) is 0 Å². The number of carboxylic acid groups (broad SMARTS) is 1. The molecular formula is C9H17NO3. The maximum atomic E-state index is 11.0. The molecule has 0 heterocycles. The van der Waals surface area contributed by atoms with E-state index in [1.165, 1.54) is 0 Å². The van der Waals surface area contributed by atoms with Crippen LogP contribution in [0, 0.1) is 0 Å². The Labute approximate surface area is 78.3 Å². The molecule has 0 atom stereocenters. The zero-order valence-corrected chi connectivity index (χ0v) is 8.17. The molecule has 0 amide bonds. The van der Waals surface area contributed by atoms with Crippen molar-refractivity contribution in [2.24, 2.45) is 0 Å². The van der Waals surface area contributed by atoms with E-state index in [1.54, 1.807) is 7.11 Å². The molecule has 1 aliphatic rings. The summed E-state index contributed by atoms with van der Waals surface area (Å²) >= 11 is 0. The lowest BCUT2D eigenvalue weighted by Gasteiger charge is -2.44. The zero-order valence-electron chi connectivity index (χ0n) is 8.17. The van der Waals surface area contributed by atoms with Crippen LogP contribution in [-0.4, -0.2) is 36.4 Å². The average Bonchev–Trinajstić information content (AvgIpc) is 2.02. The third-order valence-corrected chi connectivity index (χ3v) is 2.61. The first-order chi connectivity index (χ1) is 6.14. The van der Waals surface area contributed by atoms with E-state index in [0.29, 0.717) is 12.8 Å². The maximum absolute atomic E-state index is 11.0. The van der Waals surface area contributed by atoms with Gasteiger partial charge in [0, 0.05) is 20.0 Å². The topological polar surface area (TPSA) is 58.6 Å². The molecule has 0 saturated heterocycles. The first kappa shape index (κ1) is 10.5. The molecule has 0 bridgehead atoms. The monoisotopic (exact) mass is 187 g/mol. The van der Waals surface area contributed by atoms with Gasteiger partial charge in [0.25, 0.3) is 0 Å². The lowest BCUT2D eigenvalue weighted by atomic mass is 9.74. The highest BCUT2D eigenvalue weighted by molar-refractivity contribution is 5.80. The number of carbonyl (C=O) groups is 1. The zero-order chi connectivity index (χ0) is 9.90. The van der Waals surface area contributed by atoms with Gasteiger partial charge in [-0.05, 0) is 13.0 Å². The number of hydrogen-bond acceptors (Lipinski definition) is 3. The van der Waals surface area contributed by atoms with Crippen LogP contribution in [-0.2, 0) is 9.53 Å². The van der Waals surface area contributed by atoms with Gasteiger partial charge in [-0.25, -0.2) is 0 Å². The van der Waals surface area contributed by atoms with Crippen molar-refractivity contribution < 1.29 is 14.6 Å². The maximum Gasteiger partial charge on any atom is 0.324 e. The lowest BCUT2D eigenvalue weighted by Crippen LogP contribution is -2.63. The second kappa shape index (κ2) is 4.07. The number of methoxy groups -OCH3 is 1. The minimum atomic E-state index is -0.755. The van der Waals surface area contributed by atoms with Gasteiger partial charge in [-0.3, -0.25) is 4.79 Å². The van der Waals surface area contributed by atoms with Gasteiger partial charge in [-0.2, -0.15) is 0 Å². The van der Waals surface area contributed by atoms with Gasteiger partial charge in [0.1, 0.15) is 5.54 Å². The molecule has 0 unspecified atom stereocenters. The third kappa shape index (κ3) is 2.00. The molecule has 0 aromatic heterocycles. The van der Waals surface area contributed by atoms with Crippen molar-refractivity contribution in [3.63, 3.8) is 0 Å². The Morgan fingerprint density at radius 2 is 2.31 bits per heavy atom. The number of nitrogens with one attached hydrogen (secondary N) is 1. The molecule has 4 heteroatoms. The Morgan fingerprint density at radius 1 is 1.69 bits per heavy atom. The number of rotatable bonds is 5. The molecule has 1 fully saturated rings. The number of hydrogen-bond donors (Lipinski definition) is 2. The van der Waals surface area contributed by atoms with Crippen LogP contribution in [0.25, 0.3) is 0 Å². The van der Waals surface area contributed by atoms with E-state index in [4.69, 9.17) is 9.84 Å². The molecule has 0 radical (unpaired) electrons. The van der Waals surface area contributed by atoms with E-state index >= 15 is 0 Å². The molecular weight excluding hydrogens is 170 g/mol. The van der Waals surface area contributed by atoms with Crippen molar-refractivity contribution >= 4 is 5.97 Å². The van der Waals surface area contributed by atoms with E-state index in [9.17, 15) is 4.79 Å². The van der Waals surface area contributed by atoms with E-state index in [-0.39, 0.29) is 6.10 Å². The molecule has 13 heavy (non-hydrogen) atoms. The minimum Gasteiger partial charge on any atom is -0.480 e. The number of ether oxygens (including phenoxy) is 1. The predicted octanol–water partition coefficient (Wildman–Crippen LogP) is 0.618. The van der Waals surface area contributed by atoms with Crippen molar-refractivity contribution in [1.82, 2.24) is 5.32 Å². The van der Waals surface area contributed by atoms with Crippen molar-refractivity contribution in [3.05, 3.63) is 0 Å². The molecule has 0 aliphatic heterocycles. The second-order valence-electron chi connectivity index (χ2n) is 3.58. The summed E-state index contributed by atoms with van der Waals surface area (Å²) in [6, 6.07) is 0. The normalized spacial score (nSPS) is 32.6. The first-order valence-corrected chi connectivity index (χ1v) is 4.66. The quantitative estimate of drug-likeness (QED) is 0.662. The number of aliphatic carboxylic acids is 1. The van der Waals surface area contributed by atoms with Crippen molar-refractivity contribution in [2.45, 2.75) is 37.8 Å². The van der Waals surface area contributed by atoms with E-state index < -0.39 is 11.5 Å². The summed E-state index contributed by atoms with van der Waals surface area (Å²) < 4.78 is 5.07. The van der Waals surface area contributed by atoms with Crippen LogP contribution in [0.4, 0.5) is 0 Å². The molecule has 4 nitrogen and oxygen atoms in total. The Balaban J connectivity index is 2.45. The Bertz CT molecular complexity index is 182. The van der Waals surface area contributed by atoms with Gasteiger partial charge in [0.2, 0.25) is 0 Å². The van der Waals surface area contributed by atoms with Gasteiger partial charge < -0.3 is 15.2 Å². The fourth-order valence-corrected chi connectivity index (χ4v) is 1.64. The van der Waals surface area contributed by atoms with Gasteiger partial charge in [0.15, 0.2) is 0 Å². The van der Waals surface area contributed by atoms with Gasteiger partial charge >= 0.3 is 5.97 Å². The van der Waals surface area contributed by atoms with Crippen LogP contribution in [0.3, 0.4) is 0 Å². The first-order valence-electron chi connectivity index (χ1n) is 4.66. The summed E-state index contributed by atoms with van der Waals surface area (Å²) in [4.78, 5) is 11.0. The predicted molar refractivity (Wildman–Crippen MR) is 48.7 cm³/mol. The molecule has 0 aromatic carbocycles. The van der Waals surface area contributed by atoms with Crippen molar-refractivity contribution in [3.8, 4) is 0 Å². The molecule has 1 aliphatic carbocycles. The Morgan fingerprint density at radius 3 is 2.69 bits per heavy atom. The van der Waals surface area contributed by atoms with Gasteiger partial charge in [-0.1, -0.05) is 6.92 Å². The summed E-state index contributed by atoms with van der Waals surface area (Å²) in [5, 5.41) is 12.1. The fourth-order valence-electron chi connectivity index (χ4n) is 1.64. The Kier molecular flexibility index (Phi) is 3.27. The SMILES string of the molecule is CCCNC1(C(=O)O)CC(OC)C1. The molecule has 0 spiro atoms. The third-order valence-electron chi connectivity index (χ3n) is 2.61. The summed E-state index contributed by atoms with van der Waals surface area (Å²) in [7, 11) is 1.62. The summed E-state index contributed by atoms with van der Waals surface area (Å²) in [6.07, 6.45) is 2.23. The van der Waals surface area contributed by atoms with E-state index in [2.05, 4.69) is 5.32 Å². The Hall–Kier alpha value is -0.610. The van der Waals surface area contributed by atoms with Gasteiger partial charge in [0.05, 0.1) is 6.10 Å². The van der Waals surface area contributed by atoms with Crippen molar-refractivity contribution in [1.29, 1.82) is 0 Å². The highest BCUT2D eigenvalue weighted by atomic mass is 16.5. The van der Waals surface area contributed by atoms with Gasteiger partial charge in [-0.15, -0.1) is 0 Å². The molecule has 0 aromatic rings. The smallest absolute Gasteiger partial charge is 0.324 e. The van der Waals surface area contributed by atoms with Crippen LogP contribution in [0.1, 0.15) is 26.2 Å². The standard InChI is InChI=1S/C9H17NO3/c1-3-4-10-9(8(11)12)5-7(6-9)13-2/h7,10H,3-6H2,1-2H3,(H,11,12). The van der Waals surface area contributed by atoms with E-state index in [1.807, 2.05) is 6.92 Å². The molecule has 2 N–H and O–H groups in total. The van der Waals surface area contributed by atoms with Crippen LogP contribution < -0.4 is 5.32 Å². The largest absolute Gasteiger partial charge is 0.480 e. The fraction of sp³-hybridized carbons (Fsp3) is 0.889. The molecule has 76 valence electrons. The summed E-state index contributed by atoms with van der Waals surface area (Å²) in [5.74, 6) is -0.755. The number of carboxylic acids is 1. The lowest BCUT2D eigenvalue weighted by molar-refractivity contribution is -0.156. The summed E-state index contributed by atoms with van der Waals surface area (Å²) in [6.45, 7) is 2.78. The molecule has 1 rings (SSSR count).